The fourth-order valence-electron chi connectivity index (χ4n) is 2.78. The van der Waals surface area contributed by atoms with E-state index < -0.39 is 6.04 Å². The zero-order valence-corrected chi connectivity index (χ0v) is 16.7. The van der Waals surface area contributed by atoms with Crippen molar-refractivity contribution in [3.05, 3.63) is 29.8 Å². The van der Waals surface area contributed by atoms with Gasteiger partial charge in [-0.05, 0) is 31.9 Å². The number of hydrogen-bond acceptors (Lipinski definition) is 3. The first-order valence-electron chi connectivity index (χ1n) is 10.1. The predicted molar refractivity (Wildman–Crippen MR) is 106 cm³/mol. The number of esters is 1. The fourth-order valence-corrected chi connectivity index (χ4v) is 2.78. The highest BCUT2D eigenvalue weighted by atomic mass is 16.5. The number of unbranched alkanes of at least 4 members (excludes halogenated alkanes) is 6. The Morgan fingerprint density at radius 3 is 2.19 bits per heavy atom. The van der Waals surface area contributed by atoms with Gasteiger partial charge in [-0.25, -0.2) is 4.79 Å². The SMILES string of the molecule is CCCCCCCCC(=O)NC(CCCC)C(=O)Oc1ccc(C)cc1. The van der Waals surface area contributed by atoms with Gasteiger partial charge < -0.3 is 10.1 Å². The molecule has 146 valence electrons. The molecule has 1 N–H and O–H groups in total. The van der Waals surface area contributed by atoms with Gasteiger partial charge in [-0.1, -0.05) is 76.5 Å². The van der Waals surface area contributed by atoms with Gasteiger partial charge in [0.1, 0.15) is 11.8 Å². The molecule has 0 saturated carbocycles. The van der Waals surface area contributed by atoms with Crippen molar-refractivity contribution >= 4 is 11.9 Å². The molecule has 0 fully saturated rings. The van der Waals surface area contributed by atoms with Gasteiger partial charge in [0.05, 0.1) is 0 Å². The van der Waals surface area contributed by atoms with Crippen molar-refractivity contribution in [3.8, 4) is 5.75 Å². The van der Waals surface area contributed by atoms with E-state index in [-0.39, 0.29) is 11.9 Å². The highest BCUT2D eigenvalue weighted by Gasteiger charge is 2.22. The number of carbonyl (C=O) groups excluding carboxylic acids is 2. The van der Waals surface area contributed by atoms with Crippen molar-refractivity contribution in [2.45, 2.75) is 91.0 Å². The van der Waals surface area contributed by atoms with Gasteiger partial charge in [-0.3, -0.25) is 4.79 Å². The Hall–Kier alpha value is -1.84. The Kier molecular flexibility index (Phi) is 11.4. The van der Waals surface area contributed by atoms with E-state index in [1.165, 1.54) is 25.7 Å². The molecule has 1 aromatic carbocycles. The number of carbonyl (C=O) groups is 2. The standard InChI is InChI=1S/C22H35NO3/c1-4-6-8-9-10-11-13-21(24)23-20(12-7-5-2)22(25)26-19-16-14-18(3)15-17-19/h14-17,20H,4-13H2,1-3H3,(H,23,24). The van der Waals surface area contributed by atoms with Gasteiger partial charge in [0.25, 0.3) is 0 Å². The summed E-state index contributed by atoms with van der Waals surface area (Å²) in [7, 11) is 0. The van der Waals surface area contributed by atoms with Crippen LogP contribution in [0.5, 0.6) is 5.75 Å². The third kappa shape index (κ3) is 9.59. The van der Waals surface area contributed by atoms with Gasteiger partial charge in [0.2, 0.25) is 5.91 Å². The molecule has 1 atom stereocenters. The lowest BCUT2D eigenvalue weighted by atomic mass is 10.1. The maximum Gasteiger partial charge on any atom is 0.334 e. The molecule has 0 saturated heterocycles. The summed E-state index contributed by atoms with van der Waals surface area (Å²) in [6, 6.07) is 6.80. The maximum atomic E-state index is 12.5. The van der Waals surface area contributed by atoms with Gasteiger partial charge in [0, 0.05) is 6.42 Å². The third-order valence-corrected chi connectivity index (χ3v) is 4.46. The van der Waals surface area contributed by atoms with Crippen LogP contribution in [0.3, 0.4) is 0 Å². The Bertz CT molecular complexity index is 525. The van der Waals surface area contributed by atoms with E-state index in [0.29, 0.717) is 18.6 Å². The highest BCUT2D eigenvalue weighted by molar-refractivity contribution is 5.85. The lowest BCUT2D eigenvalue weighted by Crippen LogP contribution is -2.43. The molecule has 1 amide bonds. The van der Waals surface area contributed by atoms with Crippen molar-refractivity contribution < 1.29 is 14.3 Å². The van der Waals surface area contributed by atoms with Crippen molar-refractivity contribution in [2.24, 2.45) is 0 Å². The largest absolute Gasteiger partial charge is 0.425 e. The van der Waals surface area contributed by atoms with E-state index in [1.807, 2.05) is 19.1 Å². The minimum atomic E-state index is -0.566. The molecule has 1 rings (SSSR count). The monoisotopic (exact) mass is 361 g/mol. The zero-order chi connectivity index (χ0) is 19.2. The van der Waals surface area contributed by atoms with Crippen LogP contribution < -0.4 is 10.1 Å². The number of ether oxygens (including phenoxy) is 1. The average Bonchev–Trinajstić information content (AvgIpc) is 2.63. The highest BCUT2D eigenvalue weighted by Crippen LogP contribution is 2.14. The van der Waals surface area contributed by atoms with Crippen molar-refractivity contribution in [1.82, 2.24) is 5.32 Å². The maximum absolute atomic E-state index is 12.5. The van der Waals surface area contributed by atoms with Crippen LogP contribution in [0.1, 0.15) is 83.6 Å². The summed E-state index contributed by atoms with van der Waals surface area (Å²) in [5.74, 6) is 0.0910. The molecule has 0 heterocycles. The van der Waals surface area contributed by atoms with Gasteiger partial charge in [-0.15, -0.1) is 0 Å². The van der Waals surface area contributed by atoms with Crippen LogP contribution in [0.4, 0.5) is 0 Å². The van der Waals surface area contributed by atoms with Crippen molar-refractivity contribution in [2.75, 3.05) is 0 Å². The number of amides is 1. The molecule has 0 aliphatic carbocycles. The summed E-state index contributed by atoms with van der Waals surface area (Å²) in [4.78, 5) is 24.6. The molecule has 0 bridgehead atoms. The molecule has 1 unspecified atom stereocenters. The Balaban J connectivity index is 2.44. The number of aryl methyl sites for hydroxylation is 1. The van der Waals surface area contributed by atoms with Crippen LogP contribution in [0, 0.1) is 6.92 Å². The zero-order valence-electron chi connectivity index (χ0n) is 16.7. The van der Waals surface area contributed by atoms with Crippen molar-refractivity contribution in [3.63, 3.8) is 0 Å². The topological polar surface area (TPSA) is 55.4 Å². The lowest BCUT2D eigenvalue weighted by Gasteiger charge is -2.17. The number of benzene rings is 1. The number of rotatable bonds is 13. The van der Waals surface area contributed by atoms with Crippen molar-refractivity contribution in [1.29, 1.82) is 0 Å². The first-order valence-corrected chi connectivity index (χ1v) is 10.1. The summed E-state index contributed by atoms with van der Waals surface area (Å²) < 4.78 is 5.45. The van der Waals surface area contributed by atoms with Crippen LogP contribution in [-0.2, 0) is 9.59 Å². The van der Waals surface area contributed by atoms with Gasteiger partial charge in [-0.2, -0.15) is 0 Å². The molecule has 0 spiro atoms. The number of hydrogen-bond donors (Lipinski definition) is 1. The first kappa shape index (κ1) is 22.2. The second-order valence-electron chi connectivity index (χ2n) is 7.01. The Morgan fingerprint density at radius 1 is 0.923 bits per heavy atom. The Morgan fingerprint density at radius 2 is 1.54 bits per heavy atom. The average molecular weight is 362 g/mol. The van der Waals surface area contributed by atoms with E-state index in [0.717, 1.165) is 31.2 Å². The minimum Gasteiger partial charge on any atom is -0.425 e. The smallest absolute Gasteiger partial charge is 0.334 e. The molecule has 0 radical (unpaired) electrons. The molecule has 0 aliphatic heterocycles. The predicted octanol–water partition coefficient (Wildman–Crippen LogP) is 5.33. The quantitative estimate of drug-likeness (QED) is 0.294. The van der Waals surface area contributed by atoms with E-state index in [9.17, 15) is 9.59 Å². The molecular formula is C22H35NO3. The van der Waals surface area contributed by atoms with E-state index in [4.69, 9.17) is 4.74 Å². The lowest BCUT2D eigenvalue weighted by molar-refractivity contribution is -0.139. The molecule has 4 heteroatoms. The second-order valence-corrected chi connectivity index (χ2v) is 7.01. The molecular weight excluding hydrogens is 326 g/mol. The molecule has 0 aliphatic rings. The summed E-state index contributed by atoms with van der Waals surface area (Å²) in [6.45, 7) is 6.25. The van der Waals surface area contributed by atoms with Gasteiger partial charge >= 0.3 is 5.97 Å². The van der Waals surface area contributed by atoms with Crippen LogP contribution in [0.25, 0.3) is 0 Å². The van der Waals surface area contributed by atoms with E-state index in [2.05, 4.69) is 19.2 Å². The summed E-state index contributed by atoms with van der Waals surface area (Å²) in [5.41, 5.74) is 1.11. The van der Waals surface area contributed by atoms with Gasteiger partial charge in [0.15, 0.2) is 0 Å². The fraction of sp³-hybridized carbons (Fsp3) is 0.636. The molecule has 26 heavy (non-hydrogen) atoms. The van der Waals surface area contributed by atoms with Crippen LogP contribution in [0.15, 0.2) is 24.3 Å². The summed E-state index contributed by atoms with van der Waals surface area (Å²) in [5, 5.41) is 2.87. The molecule has 4 nitrogen and oxygen atoms in total. The van der Waals surface area contributed by atoms with Crippen LogP contribution in [-0.4, -0.2) is 17.9 Å². The first-order chi connectivity index (χ1) is 12.6. The summed E-state index contributed by atoms with van der Waals surface area (Å²) in [6.07, 6.45) is 9.79. The summed E-state index contributed by atoms with van der Waals surface area (Å²) >= 11 is 0. The van der Waals surface area contributed by atoms with Crippen LogP contribution in [0.2, 0.25) is 0 Å². The molecule has 0 aromatic heterocycles. The van der Waals surface area contributed by atoms with Crippen LogP contribution >= 0.6 is 0 Å². The number of nitrogens with one attached hydrogen (secondary N) is 1. The third-order valence-electron chi connectivity index (χ3n) is 4.46. The Labute approximate surface area is 158 Å². The molecule has 1 aromatic rings. The second kappa shape index (κ2) is 13.4. The minimum absolute atomic E-state index is 0.0533. The van der Waals surface area contributed by atoms with E-state index >= 15 is 0 Å². The normalized spacial score (nSPS) is 11.8. The van der Waals surface area contributed by atoms with E-state index in [1.54, 1.807) is 12.1 Å².